The zero-order valence-electron chi connectivity index (χ0n) is 14.2. The molecule has 1 fully saturated rings. The molecule has 1 amide bonds. The lowest BCUT2D eigenvalue weighted by Gasteiger charge is -2.34. The van der Waals surface area contributed by atoms with Gasteiger partial charge in [-0.1, -0.05) is 32.8 Å². The second-order valence-corrected chi connectivity index (χ2v) is 7.45. The Hall–Kier alpha value is -1.69. The standard InChI is InChI=1S/C18H25NO4S/c1-12-5-3-6-14(13(12)2)19-17(21)11-23-18(22)9-8-15(20)16-7-4-10-24-16/h4,7,10,12-14H,3,5-6,8-9,11H2,1-2H3,(H,19,21)/t12-,13+,14+/m1/s1. The summed E-state index contributed by atoms with van der Waals surface area (Å²) in [5.41, 5.74) is 0. The highest BCUT2D eigenvalue weighted by atomic mass is 32.1. The molecule has 0 unspecified atom stereocenters. The fourth-order valence-electron chi connectivity index (χ4n) is 3.03. The highest BCUT2D eigenvalue weighted by Crippen LogP contribution is 2.29. The van der Waals surface area contributed by atoms with Crippen LogP contribution >= 0.6 is 11.3 Å². The number of hydrogen-bond acceptors (Lipinski definition) is 5. The van der Waals surface area contributed by atoms with E-state index in [-0.39, 0.29) is 37.2 Å². The van der Waals surface area contributed by atoms with Gasteiger partial charge in [-0.15, -0.1) is 11.3 Å². The van der Waals surface area contributed by atoms with Gasteiger partial charge < -0.3 is 10.1 Å². The summed E-state index contributed by atoms with van der Waals surface area (Å²) in [6.45, 7) is 4.08. The van der Waals surface area contributed by atoms with Gasteiger partial charge in [-0.25, -0.2) is 0 Å². The van der Waals surface area contributed by atoms with E-state index in [9.17, 15) is 14.4 Å². The Bertz CT molecular complexity index is 570. The number of hydrogen-bond donors (Lipinski definition) is 1. The van der Waals surface area contributed by atoms with Gasteiger partial charge in [-0.2, -0.15) is 0 Å². The predicted molar refractivity (Wildman–Crippen MR) is 93.0 cm³/mol. The molecule has 0 spiro atoms. The first-order valence-electron chi connectivity index (χ1n) is 8.49. The zero-order chi connectivity index (χ0) is 17.5. The summed E-state index contributed by atoms with van der Waals surface area (Å²) >= 11 is 1.35. The summed E-state index contributed by atoms with van der Waals surface area (Å²) in [5, 5.41) is 4.78. The SMILES string of the molecule is C[C@H]1[C@H](C)CCC[C@@H]1NC(=O)COC(=O)CCC(=O)c1cccs1. The molecule has 6 heteroatoms. The average Bonchev–Trinajstić information content (AvgIpc) is 3.09. The molecule has 5 nitrogen and oxygen atoms in total. The van der Waals surface area contributed by atoms with Crippen LogP contribution in [0.4, 0.5) is 0 Å². The number of rotatable bonds is 7. The van der Waals surface area contributed by atoms with Gasteiger partial charge >= 0.3 is 5.97 Å². The number of esters is 1. The number of nitrogens with one attached hydrogen (secondary N) is 1. The number of carbonyl (C=O) groups is 3. The van der Waals surface area contributed by atoms with Crippen LogP contribution in [0.25, 0.3) is 0 Å². The number of ether oxygens (including phenoxy) is 1. The number of amides is 1. The largest absolute Gasteiger partial charge is 0.456 e. The number of Topliss-reactive ketones (excluding diaryl/α,β-unsaturated/α-hetero) is 1. The third-order valence-electron chi connectivity index (χ3n) is 4.77. The quantitative estimate of drug-likeness (QED) is 0.605. The van der Waals surface area contributed by atoms with Gasteiger partial charge in [0.25, 0.3) is 5.91 Å². The van der Waals surface area contributed by atoms with Crippen molar-refractivity contribution in [3.63, 3.8) is 0 Å². The molecule has 2 rings (SSSR count). The summed E-state index contributed by atoms with van der Waals surface area (Å²) in [6, 6.07) is 3.69. The van der Waals surface area contributed by atoms with Gasteiger partial charge in [0.1, 0.15) is 0 Å². The van der Waals surface area contributed by atoms with Crippen LogP contribution in [0.5, 0.6) is 0 Å². The van der Waals surface area contributed by atoms with Crippen LogP contribution < -0.4 is 5.32 Å². The highest BCUT2D eigenvalue weighted by molar-refractivity contribution is 7.12. The Morgan fingerprint density at radius 2 is 2.04 bits per heavy atom. The topological polar surface area (TPSA) is 72.5 Å². The Morgan fingerprint density at radius 3 is 2.75 bits per heavy atom. The Labute approximate surface area is 146 Å². The Morgan fingerprint density at radius 1 is 1.25 bits per heavy atom. The smallest absolute Gasteiger partial charge is 0.306 e. The molecular weight excluding hydrogens is 326 g/mol. The van der Waals surface area contributed by atoms with Gasteiger partial charge in [0, 0.05) is 12.5 Å². The first kappa shape index (κ1) is 18.6. The molecule has 132 valence electrons. The van der Waals surface area contributed by atoms with Crippen molar-refractivity contribution < 1.29 is 19.1 Å². The van der Waals surface area contributed by atoms with Gasteiger partial charge in [-0.05, 0) is 29.7 Å². The number of carbonyl (C=O) groups excluding carboxylic acids is 3. The van der Waals surface area contributed by atoms with Gasteiger partial charge in [0.15, 0.2) is 12.4 Å². The van der Waals surface area contributed by atoms with E-state index in [0.29, 0.717) is 16.7 Å². The molecular formula is C18H25NO4S. The molecule has 1 aliphatic carbocycles. The van der Waals surface area contributed by atoms with Crippen molar-refractivity contribution in [3.05, 3.63) is 22.4 Å². The molecule has 1 heterocycles. The first-order valence-corrected chi connectivity index (χ1v) is 9.37. The van der Waals surface area contributed by atoms with Crippen LogP contribution in [0.15, 0.2) is 17.5 Å². The molecule has 0 saturated heterocycles. The van der Waals surface area contributed by atoms with Crippen LogP contribution in [0.2, 0.25) is 0 Å². The lowest BCUT2D eigenvalue weighted by atomic mass is 9.78. The monoisotopic (exact) mass is 351 g/mol. The lowest BCUT2D eigenvalue weighted by Crippen LogP contribution is -2.45. The fourth-order valence-corrected chi connectivity index (χ4v) is 3.72. The van der Waals surface area contributed by atoms with E-state index in [2.05, 4.69) is 19.2 Å². The molecule has 0 bridgehead atoms. The van der Waals surface area contributed by atoms with Gasteiger partial charge in [-0.3, -0.25) is 14.4 Å². The van der Waals surface area contributed by atoms with E-state index in [4.69, 9.17) is 4.74 Å². The molecule has 1 N–H and O–H groups in total. The van der Waals surface area contributed by atoms with Crippen LogP contribution in [0.3, 0.4) is 0 Å². The second-order valence-electron chi connectivity index (χ2n) is 6.50. The van der Waals surface area contributed by atoms with E-state index in [1.807, 2.05) is 5.38 Å². The van der Waals surface area contributed by atoms with Gasteiger partial charge in [0.05, 0.1) is 11.3 Å². The van der Waals surface area contributed by atoms with Crippen LogP contribution in [0.1, 0.15) is 55.6 Å². The molecule has 0 aliphatic heterocycles. The van der Waals surface area contributed by atoms with Crippen molar-refractivity contribution in [2.24, 2.45) is 11.8 Å². The lowest BCUT2D eigenvalue weighted by molar-refractivity contribution is -0.148. The van der Waals surface area contributed by atoms with Gasteiger partial charge in [0.2, 0.25) is 0 Å². The minimum atomic E-state index is -0.514. The maximum absolute atomic E-state index is 11.9. The van der Waals surface area contributed by atoms with E-state index in [0.717, 1.165) is 12.8 Å². The summed E-state index contributed by atoms with van der Waals surface area (Å²) in [7, 11) is 0. The van der Waals surface area contributed by atoms with E-state index in [1.54, 1.807) is 12.1 Å². The molecule has 1 aromatic rings. The summed E-state index contributed by atoms with van der Waals surface area (Å²) in [5.74, 6) is 0.173. The predicted octanol–water partition coefficient (Wildman–Crippen LogP) is 3.20. The maximum atomic E-state index is 11.9. The van der Waals surface area contributed by atoms with Crippen molar-refractivity contribution in [3.8, 4) is 0 Å². The minimum Gasteiger partial charge on any atom is -0.456 e. The van der Waals surface area contributed by atoms with Crippen molar-refractivity contribution in [1.82, 2.24) is 5.32 Å². The van der Waals surface area contributed by atoms with Crippen LogP contribution in [-0.2, 0) is 14.3 Å². The second kappa shape index (κ2) is 8.97. The molecule has 1 saturated carbocycles. The minimum absolute atomic E-state index is 0.000872. The van der Waals surface area contributed by atoms with E-state index in [1.165, 1.54) is 17.8 Å². The highest BCUT2D eigenvalue weighted by Gasteiger charge is 2.28. The molecule has 1 aromatic heterocycles. The third kappa shape index (κ3) is 5.44. The maximum Gasteiger partial charge on any atom is 0.306 e. The molecule has 24 heavy (non-hydrogen) atoms. The van der Waals surface area contributed by atoms with Crippen molar-refractivity contribution in [2.45, 2.75) is 52.0 Å². The zero-order valence-corrected chi connectivity index (χ0v) is 15.1. The Kier molecular flexibility index (Phi) is 6.97. The van der Waals surface area contributed by atoms with Crippen molar-refractivity contribution >= 4 is 29.0 Å². The Balaban J connectivity index is 1.66. The summed E-state index contributed by atoms with van der Waals surface area (Å²) in [4.78, 5) is 36.1. The van der Waals surface area contributed by atoms with E-state index < -0.39 is 5.97 Å². The van der Waals surface area contributed by atoms with Crippen LogP contribution in [0, 0.1) is 11.8 Å². The van der Waals surface area contributed by atoms with Crippen molar-refractivity contribution in [2.75, 3.05) is 6.61 Å². The van der Waals surface area contributed by atoms with Crippen LogP contribution in [-0.4, -0.2) is 30.3 Å². The molecule has 0 aromatic carbocycles. The van der Waals surface area contributed by atoms with Crippen molar-refractivity contribution in [1.29, 1.82) is 0 Å². The third-order valence-corrected chi connectivity index (χ3v) is 5.68. The normalized spacial score (nSPS) is 23.5. The average molecular weight is 351 g/mol. The molecule has 0 radical (unpaired) electrons. The first-order chi connectivity index (χ1) is 11.5. The molecule has 1 aliphatic rings. The summed E-state index contributed by atoms with van der Waals surface area (Å²) in [6.07, 6.45) is 3.39. The number of ketones is 1. The summed E-state index contributed by atoms with van der Waals surface area (Å²) < 4.78 is 4.98. The molecule has 3 atom stereocenters. The van der Waals surface area contributed by atoms with E-state index >= 15 is 0 Å². The fraction of sp³-hybridized carbons (Fsp3) is 0.611. The number of thiophene rings is 1.